The van der Waals surface area contributed by atoms with Gasteiger partial charge in [0.2, 0.25) is 5.91 Å². The van der Waals surface area contributed by atoms with Gasteiger partial charge in [0.15, 0.2) is 0 Å². The Balaban J connectivity index is 1.52. The van der Waals surface area contributed by atoms with Gasteiger partial charge in [-0.1, -0.05) is 30.3 Å². The molecule has 0 radical (unpaired) electrons. The summed E-state index contributed by atoms with van der Waals surface area (Å²) >= 11 is 1.40. The molecule has 2 amide bonds. The number of β-lactam (4-membered cyclic amide) rings is 1. The Morgan fingerprint density at radius 2 is 1.72 bits per heavy atom. The molecule has 2 aromatic carbocycles. The molecule has 2 heterocycles. The standard InChI is InChI=1S/C21H21N3O4S/c1-21(2)16(20(27)28)24-18(26)15(19(24)29-21)23-17(25)13-10-6-7-11-14(13)22-12-8-4-3-5-9-12/h3-11,15-16,19,22H,1-2H3,(H,23,25)(H,27,28)/t15-,16?,19?/m1/s1. The van der Waals surface area contributed by atoms with E-state index in [1.165, 1.54) is 16.7 Å². The molecule has 0 saturated carbocycles. The van der Waals surface area contributed by atoms with Crippen molar-refractivity contribution in [3.8, 4) is 0 Å². The minimum absolute atomic E-state index is 0.359. The van der Waals surface area contributed by atoms with Crippen LogP contribution in [0.25, 0.3) is 0 Å². The maximum atomic E-state index is 12.9. The maximum absolute atomic E-state index is 12.9. The van der Waals surface area contributed by atoms with Crippen LogP contribution in [0.3, 0.4) is 0 Å². The highest BCUT2D eigenvalue weighted by Crippen LogP contribution is 2.50. The first-order valence-electron chi connectivity index (χ1n) is 9.24. The van der Waals surface area contributed by atoms with Crippen LogP contribution in [0.5, 0.6) is 0 Å². The molecular weight excluding hydrogens is 390 g/mol. The van der Waals surface area contributed by atoms with E-state index in [0.717, 1.165) is 5.69 Å². The monoisotopic (exact) mass is 411 g/mol. The average molecular weight is 411 g/mol. The van der Waals surface area contributed by atoms with E-state index in [1.54, 1.807) is 32.0 Å². The smallest absolute Gasteiger partial charge is 0.327 e. The number of para-hydroxylation sites is 2. The molecule has 7 nitrogen and oxygen atoms in total. The van der Waals surface area contributed by atoms with Crippen molar-refractivity contribution in [3.63, 3.8) is 0 Å². The molecule has 0 spiro atoms. The molecule has 3 N–H and O–H groups in total. The van der Waals surface area contributed by atoms with E-state index in [9.17, 15) is 19.5 Å². The lowest BCUT2D eigenvalue weighted by atomic mass is 9.96. The number of thioether (sulfide) groups is 1. The predicted molar refractivity (Wildman–Crippen MR) is 111 cm³/mol. The van der Waals surface area contributed by atoms with Crippen LogP contribution < -0.4 is 10.6 Å². The zero-order chi connectivity index (χ0) is 20.8. The zero-order valence-corrected chi connectivity index (χ0v) is 16.8. The molecule has 0 aromatic heterocycles. The Hall–Kier alpha value is -3.00. The third kappa shape index (κ3) is 3.33. The van der Waals surface area contributed by atoms with Crippen molar-refractivity contribution < 1.29 is 19.5 Å². The number of nitrogens with zero attached hydrogens (tertiary/aromatic N) is 1. The molecule has 2 aromatic rings. The lowest BCUT2D eigenvalue weighted by molar-refractivity contribution is -0.159. The first-order valence-corrected chi connectivity index (χ1v) is 10.1. The number of aliphatic carboxylic acids is 1. The highest BCUT2D eigenvalue weighted by atomic mass is 32.2. The number of carboxylic acid groups (broad SMARTS) is 1. The molecule has 2 fully saturated rings. The van der Waals surface area contributed by atoms with Crippen molar-refractivity contribution in [1.29, 1.82) is 0 Å². The summed E-state index contributed by atoms with van der Waals surface area (Å²) in [5.41, 5.74) is 1.89. The van der Waals surface area contributed by atoms with Gasteiger partial charge in [-0.2, -0.15) is 0 Å². The summed E-state index contributed by atoms with van der Waals surface area (Å²) in [5, 5.41) is 15.1. The number of hydrogen-bond acceptors (Lipinski definition) is 5. The van der Waals surface area contributed by atoms with E-state index in [1.807, 2.05) is 36.4 Å². The van der Waals surface area contributed by atoms with Crippen LogP contribution in [0.1, 0.15) is 24.2 Å². The van der Waals surface area contributed by atoms with Crippen molar-refractivity contribution in [2.45, 2.75) is 36.1 Å². The lowest BCUT2D eigenvalue weighted by Crippen LogP contribution is -2.70. The number of carboxylic acids is 1. The van der Waals surface area contributed by atoms with Crippen molar-refractivity contribution in [3.05, 3.63) is 60.2 Å². The molecule has 3 atom stereocenters. The second-order valence-electron chi connectivity index (χ2n) is 7.59. The highest BCUT2D eigenvalue weighted by molar-refractivity contribution is 8.01. The second kappa shape index (κ2) is 7.11. The number of carbonyl (C=O) groups is 3. The fraction of sp³-hybridized carbons (Fsp3) is 0.286. The van der Waals surface area contributed by atoms with Crippen molar-refractivity contribution in [1.82, 2.24) is 10.2 Å². The predicted octanol–water partition coefficient (Wildman–Crippen LogP) is 2.68. The summed E-state index contributed by atoms with van der Waals surface area (Å²) in [7, 11) is 0. The number of amides is 2. The molecular formula is C21H21N3O4S. The van der Waals surface area contributed by atoms with Gasteiger partial charge in [0.1, 0.15) is 17.5 Å². The van der Waals surface area contributed by atoms with E-state index >= 15 is 0 Å². The number of carbonyl (C=O) groups excluding carboxylic acids is 2. The van der Waals surface area contributed by atoms with E-state index < -0.39 is 22.8 Å². The lowest BCUT2D eigenvalue weighted by Gasteiger charge is -2.43. The number of benzene rings is 2. The Morgan fingerprint density at radius 1 is 1.07 bits per heavy atom. The van der Waals surface area contributed by atoms with Gasteiger partial charge < -0.3 is 20.6 Å². The third-order valence-electron chi connectivity index (χ3n) is 5.19. The topological polar surface area (TPSA) is 98.7 Å². The summed E-state index contributed by atoms with van der Waals surface area (Å²) in [5.74, 6) is -1.76. The van der Waals surface area contributed by atoms with Gasteiger partial charge in [0.25, 0.3) is 5.91 Å². The third-order valence-corrected chi connectivity index (χ3v) is 6.76. The van der Waals surface area contributed by atoms with E-state index in [0.29, 0.717) is 11.3 Å². The van der Waals surface area contributed by atoms with Crippen LogP contribution in [0.4, 0.5) is 11.4 Å². The van der Waals surface area contributed by atoms with Gasteiger partial charge in [-0.05, 0) is 38.1 Å². The van der Waals surface area contributed by atoms with E-state index in [2.05, 4.69) is 10.6 Å². The largest absolute Gasteiger partial charge is 0.480 e. The number of anilines is 2. The van der Waals surface area contributed by atoms with Gasteiger partial charge in [0, 0.05) is 10.4 Å². The average Bonchev–Trinajstić information content (AvgIpc) is 2.95. The molecule has 2 aliphatic rings. The van der Waals surface area contributed by atoms with Crippen LogP contribution >= 0.6 is 11.8 Å². The number of rotatable bonds is 5. The van der Waals surface area contributed by atoms with Crippen molar-refractivity contribution in [2.24, 2.45) is 0 Å². The first-order chi connectivity index (χ1) is 13.8. The summed E-state index contributed by atoms with van der Waals surface area (Å²) in [6, 6.07) is 14.9. The summed E-state index contributed by atoms with van der Waals surface area (Å²) in [6.07, 6.45) is 0. The molecule has 2 saturated heterocycles. The molecule has 8 heteroatoms. The fourth-order valence-electron chi connectivity index (χ4n) is 3.83. The maximum Gasteiger partial charge on any atom is 0.327 e. The number of fused-ring (bicyclic) bond motifs is 1. The van der Waals surface area contributed by atoms with Crippen LogP contribution in [0, 0.1) is 0 Å². The quantitative estimate of drug-likeness (QED) is 0.655. The zero-order valence-electron chi connectivity index (χ0n) is 16.0. The summed E-state index contributed by atoms with van der Waals surface area (Å²) in [6.45, 7) is 3.61. The minimum atomic E-state index is -1.03. The van der Waals surface area contributed by atoms with Gasteiger partial charge in [-0.25, -0.2) is 4.79 Å². The molecule has 2 unspecified atom stereocenters. The minimum Gasteiger partial charge on any atom is -0.480 e. The van der Waals surface area contributed by atoms with Crippen molar-refractivity contribution >= 4 is 40.9 Å². The van der Waals surface area contributed by atoms with E-state index in [-0.39, 0.29) is 17.2 Å². The molecule has 2 aliphatic heterocycles. The normalized spacial score (nSPS) is 24.4. The summed E-state index contributed by atoms with van der Waals surface area (Å²) < 4.78 is -0.627. The SMILES string of the molecule is CC1(C)SC2[C@H](NC(=O)c3ccccc3Nc3ccccc3)C(=O)N2C1C(=O)O. The Morgan fingerprint density at radius 3 is 2.41 bits per heavy atom. The fourth-order valence-corrected chi connectivity index (χ4v) is 5.46. The molecule has 29 heavy (non-hydrogen) atoms. The van der Waals surface area contributed by atoms with Crippen LogP contribution in [0.2, 0.25) is 0 Å². The first kappa shape index (κ1) is 19.3. The van der Waals surface area contributed by atoms with Gasteiger partial charge in [0.05, 0.1) is 11.3 Å². The number of hydrogen-bond donors (Lipinski definition) is 3. The van der Waals surface area contributed by atoms with Gasteiger partial charge >= 0.3 is 5.97 Å². The Kier molecular flexibility index (Phi) is 4.74. The molecule has 150 valence electrons. The molecule has 4 rings (SSSR count). The van der Waals surface area contributed by atoms with Crippen LogP contribution in [-0.4, -0.2) is 50.0 Å². The summed E-state index contributed by atoms with van der Waals surface area (Å²) in [4.78, 5) is 38.5. The van der Waals surface area contributed by atoms with Gasteiger partial charge in [-0.15, -0.1) is 11.8 Å². The molecule has 0 aliphatic carbocycles. The highest BCUT2D eigenvalue weighted by Gasteiger charge is 2.64. The van der Waals surface area contributed by atoms with Crippen LogP contribution in [0.15, 0.2) is 54.6 Å². The van der Waals surface area contributed by atoms with Gasteiger partial charge in [-0.3, -0.25) is 9.59 Å². The van der Waals surface area contributed by atoms with E-state index in [4.69, 9.17) is 0 Å². The number of nitrogens with one attached hydrogen (secondary N) is 2. The van der Waals surface area contributed by atoms with Crippen molar-refractivity contribution in [2.75, 3.05) is 5.32 Å². The molecule has 0 bridgehead atoms. The Labute approximate surface area is 172 Å². The Bertz CT molecular complexity index is 979. The van der Waals surface area contributed by atoms with Crippen LogP contribution in [-0.2, 0) is 9.59 Å². The second-order valence-corrected chi connectivity index (χ2v) is 9.36.